The first-order chi connectivity index (χ1) is 8.82. The minimum absolute atomic E-state index is 0.00366. The van der Waals surface area contributed by atoms with Crippen molar-refractivity contribution < 1.29 is 14.4 Å². The van der Waals surface area contributed by atoms with Gasteiger partial charge in [0.25, 0.3) is 0 Å². The molecule has 0 aromatic carbocycles. The zero-order valence-electron chi connectivity index (χ0n) is 11.6. The summed E-state index contributed by atoms with van der Waals surface area (Å²) in [5.74, 6) is -1.42. The number of amides is 4. The SMILES string of the molecule is CC1=CC(C)C2C(=O)NC(=O)C2C1NC(=O)N(C)C. The molecule has 2 N–H and O–H groups in total. The van der Waals surface area contributed by atoms with Crippen molar-refractivity contribution in [1.29, 1.82) is 0 Å². The standard InChI is InChI=1S/C13H19N3O3/c1-6-5-7(2)10(14-13(19)16(3)4)9-8(6)11(17)15-12(9)18/h5-6,8-10H,1-4H3,(H,14,19)(H,15,17,18). The summed E-state index contributed by atoms with van der Waals surface area (Å²) in [5.41, 5.74) is 0.925. The Morgan fingerprint density at radius 2 is 1.84 bits per heavy atom. The van der Waals surface area contributed by atoms with Gasteiger partial charge in [0.2, 0.25) is 11.8 Å². The fourth-order valence-electron chi connectivity index (χ4n) is 2.91. The lowest BCUT2D eigenvalue weighted by molar-refractivity contribution is -0.126. The Morgan fingerprint density at radius 3 is 2.42 bits per heavy atom. The fraction of sp³-hybridized carbons (Fsp3) is 0.615. The predicted molar refractivity (Wildman–Crippen MR) is 69.1 cm³/mol. The van der Waals surface area contributed by atoms with E-state index in [-0.39, 0.29) is 29.7 Å². The number of allylic oxidation sites excluding steroid dienone is 1. The molecule has 4 unspecified atom stereocenters. The molecule has 104 valence electrons. The second-order valence-corrected chi connectivity index (χ2v) is 5.50. The Labute approximate surface area is 112 Å². The molecule has 0 spiro atoms. The van der Waals surface area contributed by atoms with Crippen molar-refractivity contribution in [2.45, 2.75) is 19.9 Å². The molecule has 0 aromatic heterocycles. The molecule has 4 amide bonds. The van der Waals surface area contributed by atoms with Crippen molar-refractivity contribution in [3.05, 3.63) is 11.6 Å². The third kappa shape index (κ3) is 2.22. The van der Waals surface area contributed by atoms with Gasteiger partial charge >= 0.3 is 6.03 Å². The monoisotopic (exact) mass is 265 g/mol. The molecule has 1 aliphatic heterocycles. The van der Waals surface area contributed by atoms with Crippen LogP contribution < -0.4 is 10.6 Å². The molecule has 0 radical (unpaired) electrons. The first-order valence-electron chi connectivity index (χ1n) is 6.33. The fourth-order valence-corrected chi connectivity index (χ4v) is 2.91. The topological polar surface area (TPSA) is 78.5 Å². The van der Waals surface area contributed by atoms with Gasteiger partial charge in [-0.2, -0.15) is 0 Å². The van der Waals surface area contributed by atoms with Crippen molar-refractivity contribution in [2.75, 3.05) is 14.1 Å². The van der Waals surface area contributed by atoms with Crippen molar-refractivity contribution >= 4 is 17.8 Å². The summed E-state index contributed by atoms with van der Waals surface area (Å²) in [6.07, 6.45) is 1.96. The number of nitrogens with zero attached hydrogens (tertiary/aromatic N) is 1. The molecule has 4 atom stereocenters. The highest BCUT2D eigenvalue weighted by Gasteiger charge is 2.51. The number of hydrogen-bond acceptors (Lipinski definition) is 3. The summed E-state index contributed by atoms with van der Waals surface area (Å²) >= 11 is 0. The van der Waals surface area contributed by atoms with Crippen molar-refractivity contribution in [3.63, 3.8) is 0 Å². The van der Waals surface area contributed by atoms with Gasteiger partial charge in [-0.25, -0.2) is 4.79 Å². The van der Waals surface area contributed by atoms with Crippen LogP contribution in [0.2, 0.25) is 0 Å². The minimum Gasteiger partial charge on any atom is -0.331 e. The van der Waals surface area contributed by atoms with Crippen LogP contribution >= 0.6 is 0 Å². The zero-order chi connectivity index (χ0) is 14.3. The van der Waals surface area contributed by atoms with Gasteiger partial charge in [-0.05, 0) is 12.8 Å². The van der Waals surface area contributed by atoms with Gasteiger partial charge in [0, 0.05) is 14.1 Å². The van der Waals surface area contributed by atoms with Gasteiger partial charge in [-0.3, -0.25) is 14.9 Å². The number of fused-ring (bicyclic) bond motifs is 1. The van der Waals surface area contributed by atoms with Gasteiger partial charge in [0.05, 0.1) is 17.9 Å². The molecule has 0 aromatic rings. The summed E-state index contributed by atoms with van der Waals surface area (Å²) in [7, 11) is 3.27. The smallest absolute Gasteiger partial charge is 0.317 e. The zero-order valence-corrected chi connectivity index (χ0v) is 11.6. The predicted octanol–water partition coefficient (Wildman–Crippen LogP) is 0.111. The van der Waals surface area contributed by atoms with Crippen LogP contribution in [0.25, 0.3) is 0 Å². The highest BCUT2D eigenvalue weighted by Crippen LogP contribution is 2.37. The molecular weight excluding hydrogens is 246 g/mol. The number of carbonyl (C=O) groups is 3. The average molecular weight is 265 g/mol. The molecular formula is C13H19N3O3. The van der Waals surface area contributed by atoms with E-state index in [2.05, 4.69) is 10.6 Å². The molecule has 19 heavy (non-hydrogen) atoms. The lowest BCUT2D eigenvalue weighted by atomic mass is 9.72. The van der Waals surface area contributed by atoms with E-state index in [4.69, 9.17) is 0 Å². The van der Waals surface area contributed by atoms with Crippen LogP contribution in [-0.4, -0.2) is 42.9 Å². The molecule has 0 bridgehead atoms. The maximum absolute atomic E-state index is 11.9. The average Bonchev–Trinajstić information content (AvgIpc) is 2.59. The summed E-state index contributed by atoms with van der Waals surface area (Å²) < 4.78 is 0. The lowest BCUT2D eigenvalue weighted by Gasteiger charge is -2.34. The minimum atomic E-state index is -0.503. The van der Waals surface area contributed by atoms with Crippen LogP contribution in [0.4, 0.5) is 4.79 Å². The van der Waals surface area contributed by atoms with Gasteiger partial charge in [0.1, 0.15) is 0 Å². The van der Waals surface area contributed by atoms with Crippen LogP contribution in [-0.2, 0) is 9.59 Å². The second-order valence-electron chi connectivity index (χ2n) is 5.50. The maximum atomic E-state index is 11.9. The van der Waals surface area contributed by atoms with Crippen LogP contribution in [0.5, 0.6) is 0 Å². The molecule has 0 saturated carbocycles. The number of urea groups is 1. The van der Waals surface area contributed by atoms with E-state index in [1.54, 1.807) is 14.1 Å². The second kappa shape index (κ2) is 4.68. The number of imide groups is 1. The molecule has 6 heteroatoms. The van der Waals surface area contributed by atoms with Gasteiger partial charge in [0.15, 0.2) is 0 Å². The first kappa shape index (κ1) is 13.6. The van der Waals surface area contributed by atoms with E-state index in [0.29, 0.717) is 0 Å². The Hall–Kier alpha value is -1.85. The molecule has 2 rings (SSSR count). The van der Waals surface area contributed by atoms with E-state index in [9.17, 15) is 14.4 Å². The number of carbonyl (C=O) groups excluding carboxylic acids is 3. The van der Waals surface area contributed by atoms with Crippen LogP contribution in [0.1, 0.15) is 13.8 Å². The third-order valence-corrected chi connectivity index (χ3v) is 3.87. The highest BCUT2D eigenvalue weighted by atomic mass is 16.2. The molecule has 6 nitrogen and oxygen atoms in total. The number of hydrogen-bond donors (Lipinski definition) is 2. The summed E-state index contributed by atoms with van der Waals surface area (Å²) in [4.78, 5) is 37.0. The largest absolute Gasteiger partial charge is 0.331 e. The summed E-state index contributed by atoms with van der Waals surface area (Å²) in [5, 5.41) is 5.18. The molecule has 1 aliphatic carbocycles. The number of rotatable bonds is 1. The van der Waals surface area contributed by atoms with Crippen LogP contribution in [0, 0.1) is 17.8 Å². The molecule has 1 saturated heterocycles. The van der Waals surface area contributed by atoms with Crippen molar-refractivity contribution in [1.82, 2.24) is 15.5 Å². The first-order valence-corrected chi connectivity index (χ1v) is 6.33. The molecule has 2 aliphatic rings. The Kier molecular flexibility index (Phi) is 3.34. The van der Waals surface area contributed by atoms with Crippen LogP contribution in [0.3, 0.4) is 0 Å². The molecule has 1 heterocycles. The van der Waals surface area contributed by atoms with Crippen molar-refractivity contribution in [3.8, 4) is 0 Å². The number of nitrogens with one attached hydrogen (secondary N) is 2. The normalized spacial score (nSPS) is 33.4. The van der Waals surface area contributed by atoms with Gasteiger partial charge in [-0.1, -0.05) is 18.6 Å². The van der Waals surface area contributed by atoms with Gasteiger partial charge < -0.3 is 10.2 Å². The van der Waals surface area contributed by atoms with Crippen molar-refractivity contribution in [2.24, 2.45) is 17.8 Å². The van der Waals surface area contributed by atoms with E-state index < -0.39 is 12.0 Å². The maximum Gasteiger partial charge on any atom is 0.317 e. The quantitative estimate of drug-likeness (QED) is 0.522. The Bertz CT molecular complexity index is 470. The van der Waals surface area contributed by atoms with E-state index in [1.807, 2.05) is 19.9 Å². The van der Waals surface area contributed by atoms with E-state index in [1.165, 1.54) is 4.90 Å². The molecule has 1 fully saturated rings. The lowest BCUT2D eigenvalue weighted by Crippen LogP contribution is -2.51. The third-order valence-electron chi connectivity index (χ3n) is 3.87. The van der Waals surface area contributed by atoms with Crippen LogP contribution in [0.15, 0.2) is 11.6 Å². The highest BCUT2D eigenvalue weighted by molar-refractivity contribution is 6.06. The Balaban J connectivity index is 2.31. The summed E-state index contributed by atoms with van der Waals surface area (Å²) in [6.45, 7) is 3.80. The van der Waals surface area contributed by atoms with E-state index >= 15 is 0 Å². The Morgan fingerprint density at radius 1 is 1.26 bits per heavy atom. The van der Waals surface area contributed by atoms with E-state index in [0.717, 1.165) is 5.57 Å². The summed E-state index contributed by atoms with van der Waals surface area (Å²) in [6, 6.07) is -0.680. The van der Waals surface area contributed by atoms with Gasteiger partial charge in [-0.15, -0.1) is 0 Å².